The first kappa shape index (κ1) is 17.3. The largest absolute Gasteiger partial charge is 0.353 e. The van der Waals surface area contributed by atoms with E-state index in [4.69, 9.17) is 11.6 Å². The Morgan fingerprint density at radius 2 is 1.81 bits per heavy atom. The fourth-order valence-electron chi connectivity index (χ4n) is 3.60. The lowest BCUT2D eigenvalue weighted by molar-refractivity contribution is -0.133. The molecule has 2 N–H and O–H groups in total. The summed E-state index contributed by atoms with van der Waals surface area (Å²) in [5, 5.41) is 0.726. The summed E-state index contributed by atoms with van der Waals surface area (Å²) in [6.07, 6.45) is 2.50. The van der Waals surface area contributed by atoms with E-state index in [1.807, 2.05) is 47.4 Å². The maximum absolute atomic E-state index is 12.9. The van der Waals surface area contributed by atoms with Crippen LogP contribution in [-0.4, -0.2) is 48.0 Å². The second-order valence-corrected chi connectivity index (χ2v) is 7.06. The van der Waals surface area contributed by atoms with Gasteiger partial charge in [0.1, 0.15) is 11.9 Å². The molecule has 6 nitrogen and oxygen atoms in total. The third-order valence-corrected chi connectivity index (χ3v) is 5.39. The summed E-state index contributed by atoms with van der Waals surface area (Å²) < 4.78 is 0. The first-order valence-corrected chi connectivity index (χ1v) is 9.30. The van der Waals surface area contributed by atoms with Gasteiger partial charge < -0.3 is 9.80 Å². The van der Waals surface area contributed by atoms with Crippen molar-refractivity contribution in [3.63, 3.8) is 0 Å². The fourth-order valence-corrected chi connectivity index (χ4v) is 3.86. The van der Waals surface area contributed by atoms with Gasteiger partial charge in [0, 0.05) is 43.4 Å². The molecule has 0 spiro atoms. The van der Waals surface area contributed by atoms with E-state index in [1.165, 1.54) is 0 Å². The minimum absolute atomic E-state index is 0.0486. The zero-order valence-electron chi connectivity index (χ0n) is 14.4. The monoisotopic (exact) mass is 371 g/mol. The first-order chi connectivity index (χ1) is 12.7. The molecule has 2 aliphatic rings. The van der Waals surface area contributed by atoms with Gasteiger partial charge in [0.2, 0.25) is 5.91 Å². The summed E-state index contributed by atoms with van der Waals surface area (Å²) >= 11 is 6.28. The van der Waals surface area contributed by atoms with E-state index >= 15 is 0 Å². The van der Waals surface area contributed by atoms with Crippen molar-refractivity contribution in [1.29, 1.82) is 0 Å². The minimum Gasteiger partial charge on any atom is -0.353 e. The van der Waals surface area contributed by atoms with Gasteiger partial charge in [-0.1, -0.05) is 35.9 Å². The maximum atomic E-state index is 12.9. The van der Waals surface area contributed by atoms with Crippen molar-refractivity contribution >= 4 is 23.3 Å². The third kappa shape index (κ3) is 3.53. The molecule has 2 aliphatic heterocycles. The van der Waals surface area contributed by atoms with Crippen LogP contribution in [0.25, 0.3) is 0 Å². The number of amides is 1. The smallest absolute Gasteiger partial charge is 0.241 e. The number of halogens is 1. The van der Waals surface area contributed by atoms with E-state index in [9.17, 15) is 4.79 Å². The number of pyridine rings is 1. The first-order valence-electron chi connectivity index (χ1n) is 8.92. The van der Waals surface area contributed by atoms with Crippen LogP contribution in [0.4, 0.5) is 5.82 Å². The Balaban J connectivity index is 1.34. The highest BCUT2D eigenvalue weighted by Gasteiger charge is 2.34. The van der Waals surface area contributed by atoms with Crippen LogP contribution in [0.15, 0.2) is 48.7 Å². The van der Waals surface area contributed by atoms with Crippen molar-refractivity contribution in [3.8, 4) is 0 Å². The van der Waals surface area contributed by atoms with Crippen LogP contribution in [-0.2, 0) is 4.79 Å². The van der Waals surface area contributed by atoms with E-state index < -0.39 is 0 Å². The van der Waals surface area contributed by atoms with E-state index in [1.54, 1.807) is 6.20 Å². The SMILES string of the molecule is O=C(C1CC(c2ccccc2Cl)NN1)N1CCN(c2ccccn2)CC1. The molecule has 7 heteroatoms. The average molecular weight is 372 g/mol. The summed E-state index contributed by atoms with van der Waals surface area (Å²) in [6.45, 7) is 3.03. The van der Waals surface area contributed by atoms with Crippen LogP contribution < -0.4 is 15.8 Å². The lowest BCUT2D eigenvalue weighted by atomic mass is 10.0. The molecule has 1 amide bonds. The summed E-state index contributed by atoms with van der Waals surface area (Å²) in [6, 6.07) is 13.5. The van der Waals surface area contributed by atoms with Crippen molar-refractivity contribution in [1.82, 2.24) is 20.7 Å². The highest BCUT2D eigenvalue weighted by Crippen LogP contribution is 2.28. The number of nitrogens with one attached hydrogen (secondary N) is 2. The Bertz CT molecular complexity index is 764. The van der Waals surface area contributed by atoms with Gasteiger partial charge in [-0.3, -0.25) is 4.79 Å². The van der Waals surface area contributed by atoms with Gasteiger partial charge in [-0.05, 0) is 30.2 Å². The van der Waals surface area contributed by atoms with E-state index in [-0.39, 0.29) is 18.0 Å². The molecule has 2 fully saturated rings. The van der Waals surface area contributed by atoms with Gasteiger partial charge in [0.05, 0.1) is 0 Å². The predicted molar refractivity (Wildman–Crippen MR) is 102 cm³/mol. The molecule has 2 aromatic rings. The molecule has 2 unspecified atom stereocenters. The Morgan fingerprint density at radius 3 is 2.54 bits per heavy atom. The highest BCUT2D eigenvalue weighted by atomic mass is 35.5. The van der Waals surface area contributed by atoms with Crippen molar-refractivity contribution in [2.24, 2.45) is 0 Å². The van der Waals surface area contributed by atoms with Crippen molar-refractivity contribution in [2.45, 2.75) is 18.5 Å². The van der Waals surface area contributed by atoms with E-state index in [0.29, 0.717) is 19.5 Å². The Hall–Kier alpha value is -2.15. The molecule has 1 aromatic carbocycles. The molecule has 0 bridgehead atoms. The number of hydrogen-bond donors (Lipinski definition) is 2. The molecular weight excluding hydrogens is 350 g/mol. The molecule has 1 aromatic heterocycles. The lowest BCUT2D eigenvalue weighted by Gasteiger charge is -2.36. The zero-order valence-corrected chi connectivity index (χ0v) is 15.2. The fraction of sp³-hybridized carbons (Fsp3) is 0.368. The molecule has 4 rings (SSSR count). The van der Waals surface area contributed by atoms with Crippen LogP contribution in [0.3, 0.4) is 0 Å². The van der Waals surface area contributed by atoms with Crippen molar-refractivity contribution in [2.75, 3.05) is 31.1 Å². The zero-order chi connectivity index (χ0) is 17.9. The summed E-state index contributed by atoms with van der Waals surface area (Å²) in [7, 11) is 0. The molecule has 0 radical (unpaired) electrons. The standard InChI is InChI=1S/C19H22ClN5O/c20-15-6-2-1-5-14(15)16-13-17(23-22-16)19(26)25-11-9-24(10-12-25)18-7-3-4-8-21-18/h1-8,16-17,22-23H,9-13H2. The predicted octanol–water partition coefficient (Wildman–Crippen LogP) is 1.99. The van der Waals surface area contributed by atoms with Gasteiger partial charge in [0.15, 0.2) is 0 Å². The molecule has 136 valence electrons. The van der Waals surface area contributed by atoms with Crippen LogP contribution in [0.1, 0.15) is 18.0 Å². The number of benzene rings is 1. The highest BCUT2D eigenvalue weighted by molar-refractivity contribution is 6.31. The quantitative estimate of drug-likeness (QED) is 0.864. The van der Waals surface area contributed by atoms with Crippen LogP contribution in [0, 0.1) is 0 Å². The number of hydrazine groups is 1. The van der Waals surface area contributed by atoms with Gasteiger partial charge in [-0.15, -0.1) is 0 Å². The second kappa shape index (κ2) is 7.61. The number of carbonyl (C=O) groups is 1. The topological polar surface area (TPSA) is 60.5 Å². The summed E-state index contributed by atoms with van der Waals surface area (Å²) in [5.74, 6) is 1.12. The van der Waals surface area contributed by atoms with Crippen molar-refractivity contribution in [3.05, 3.63) is 59.2 Å². The Kier molecular flexibility index (Phi) is 5.06. The van der Waals surface area contributed by atoms with Gasteiger partial charge >= 0.3 is 0 Å². The number of aromatic nitrogens is 1. The molecular formula is C19H22ClN5O. The summed E-state index contributed by atoms with van der Waals surface area (Å²) in [4.78, 5) is 21.4. The number of rotatable bonds is 3. The normalized spacial score (nSPS) is 23.3. The molecule has 3 heterocycles. The molecule has 2 atom stereocenters. The van der Waals surface area contributed by atoms with Gasteiger partial charge in [0.25, 0.3) is 0 Å². The maximum Gasteiger partial charge on any atom is 0.241 e. The van der Waals surface area contributed by atoms with Crippen LogP contribution in [0.2, 0.25) is 5.02 Å². The van der Waals surface area contributed by atoms with E-state index in [0.717, 1.165) is 29.5 Å². The summed E-state index contributed by atoms with van der Waals surface area (Å²) in [5.41, 5.74) is 7.39. The number of carbonyl (C=O) groups excluding carboxylic acids is 1. The van der Waals surface area contributed by atoms with Gasteiger partial charge in [-0.2, -0.15) is 0 Å². The number of piperazine rings is 1. The molecule has 2 saturated heterocycles. The average Bonchev–Trinajstić information content (AvgIpc) is 3.18. The lowest BCUT2D eigenvalue weighted by Crippen LogP contribution is -2.53. The second-order valence-electron chi connectivity index (χ2n) is 6.65. The number of anilines is 1. The third-order valence-electron chi connectivity index (χ3n) is 5.05. The van der Waals surface area contributed by atoms with Crippen molar-refractivity contribution < 1.29 is 4.79 Å². The number of nitrogens with zero attached hydrogens (tertiary/aromatic N) is 3. The molecule has 0 saturated carbocycles. The van der Waals surface area contributed by atoms with E-state index in [2.05, 4.69) is 20.7 Å². The van der Waals surface area contributed by atoms with Gasteiger partial charge in [-0.25, -0.2) is 15.8 Å². The molecule has 26 heavy (non-hydrogen) atoms. The molecule has 0 aliphatic carbocycles. The number of hydrogen-bond acceptors (Lipinski definition) is 5. The minimum atomic E-state index is -0.224. The van der Waals surface area contributed by atoms with Crippen LogP contribution in [0.5, 0.6) is 0 Å². The Labute approximate surface area is 158 Å². The Morgan fingerprint density at radius 1 is 1.04 bits per heavy atom. The van der Waals surface area contributed by atoms with Crippen LogP contribution >= 0.6 is 11.6 Å².